The van der Waals surface area contributed by atoms with Crippen molar-refractivity contribution in [2.75, 3.05) is 0 Å². The Balaban J connectivity index is 1.70. The lowest BCUT2D eigenvalue weighted by molar-refractivity contribution is -0.129. The number of rotatable bonds is 1. The first-order valence-corrected chi connectivity index (χ1v) is 9.78. The molecule has 2 N–H and O–H groups in total. The van der Waals surface area contributed by atoms with E-state index in [-0.39, 0.29) is 28.6 Å². The van der Waals surface area contributed by atoms with Gasteiger partial charge >= 0.3 is 0 Å². The maximum atomic E-state index is 12.2. The van der Waals surface area contributed by atoms with E-state index in [2.05, 4.69) is 13.8 Å². The zero-order valence-electron chi connectivity index (χ0n) is 15.3. The molecule has 0 saturated heterocycles. The predicted octanol–water partition coefficient (Wildman–Crippen LogP) is 3.66. The van der Waals surface area contributed by atoms with Crippen LogP contribution in [0.15, 0.2) is 11.6 Å². The van der Waals surface area contributed by atoms with Gasteiger partial charge in [-0.25, -0.2) is 0 Å². The molecular formula is C21H31NO2. The zero-order chi connectivity index (χ0) is 17.3. The first-order chi connectivity index (χ1) is 11.3. The number of carbonyl (C=O) groups is 2. The van der Waals surface area contributed by atoms with Crippen LogP contribution in [-0.2, 0) is 9.59 Å². The van der Waals surface area contributed by atoms with Crippen molar-refractivity contribution in [2.45, 2.75) is 71.8 Å². The lowest BCUT2D eigenvalue weighted by Gasteiger charge is -2.59. The Labute approximate surface area is 145 Å². The highest BCUT2D eigenvalue weighted by atomic mass is 16.1. The smallest absolute Gasteiger partial charge is 0.157 e. The highest BCUT2D eigenvalue weighted by Crippen LogP contribution is 2.66. The van der Waals surface area contributed by atoms with E-state index in [1.807, 2.05) is 6.08 Å². The van der Waals surface area contributed by atoms with Crippen LogP contribution in [-0.4, -0.2) is 17.6 Å². The standard InChI is InChI=1S/C21H31NO2/c1-12(23)16-6-7-17-15-5-4-13-10-14(24)11-19(22)21(13,3)18(15)8-9-20(16,17)2/h10,15-19H,4-9,11,22H2,1-3H3/t15-,16+,17-,18-,19?,20+,21-/m0/s1. The number of nitrogens with two attached hydrogens (primary N) is 1. The van der Waals surface area contributed by atoms with E-state index in [1.54, 1.807) is 6.92 Å². The molecule has 0 bridgehead atoms. The first kappa shape index (κ1) is 16.5. The average molecular weight is 329 g/mol. The van der Waals surface area contributed by atoms with E-state index in [0.29, 0.717) is 30.0 Å². The summed E-state index contributed by atoms with van der Waals surface area (Å²) >= 11 is 0. The van der Waals surface area contributed by atoms with E-state index in [1.165, 1.54) is 18.4 Å². The minimum atomic E-state index is -0.0350. The second-order valence-corrected chi connectivity index (χ2v) is 9.43. The SMILES string of the molecule is CC(=O)[C@H]1CC[C@H]2[C@@H]3CCC4=CC(=O)CC(N)[C@]4(C)[C@H]3CC[C@]12C. The van der Waals surface area contributed by atoms with Crippen LogP contribution in [0.1, 0.15) is 65.7 Å². The Hall–Kier alpha value is -0.960. The fourth-order valence-electron chi connectivity index (χ4n) is 7.35. The topological polar surface area (TPSA) is 60.2 Å². The van der Waals surface area contributed by atoms with Crippen LogP contribution in [0.3, 0.4) is 0 Å². The van der Waals surface area contributed by atoms with E-state index in [0.717, 1.165) is 25.7 Å². The third-order valence-electron chi connectivity index (χ3n) is 8.66. The van der Waals surface area contributed by atoms with Gasteiger partial charge in [0.25, 0.3) is 0 Å². The molecule has 4 aliphatic carbocycles. The van der Waals surface area contributed by atoms with E-state index in [4.69, 9.17) is 5.73 Å². The first-order valence-electron chi connectivity index (χ1n) is 9.78. The molecule has 24 heavy (non-hydrogen) atoms. The van der Waals surface area contributed by atoms with Crippen LogP contribution in [0.2, 0.25) is 0 Å². The summed E-state index contributed by atoms with van der Waals surface area (Å²) in [6.07, 6.45) is 9.20. The Bertz CT molecular complexity index is 623. The molecule has 3 nitrogen and oxygen atoms in total. The monoisotopic (exact) mass is 329 g/mol. The fourth-order valence-corrected chi connectivity index (χ4v) is 7.35. The largest absolute Gasteiger partial charge is 0.326 e. The summed E-state index contributed by atoms with van der Waals surface area (Å²) < 4.78 is 0. The summed E-state index contributed by atoms with van der Waals surface area (Å²) in [6.45, 7) is 6.49. The van der Waals surface area contributed by atoms with Crippen molar-refractivity contribution in [1.29, 1.82) is 0 Å². The Kier molecular flexibility index (Phi) is 3.62. The molecule has 3 heteroatoms. The van der Waals surface area contributed by atoms with Gasteiger partial charge in [-0.1, -0.05) is 19.4 Å². The van der Waals surface area contributed by atoms with Crippen molar-refractivity contribution in [3.8, 4) is 0 Å². The molecule has 1 unspecified atom stereocenters. The Morgan fingerprint density at radius 2 is 1.92 bits per heavy atom. The van der Waals surface area contributed by atoms with Gasteiger partial charge in [-0.3, -0.25) is 9.59 Å². The second kappa shape index (κ2) is 5.27. The van der Waals surface area contributed by atoms with E-state index < -0.39 is 0 Å². The number of carbonyl (C=O) groups excluding carboxylic acids is 2. The van der Waals surface area contributed by atoms with E-state index >= 15 is 0 Å². The molecule has 0 aliphatic heterocycles. The van der Waals surface area contributed by atoms with Crippen LogP contribution in [0.25, 0.3) is 0 Å². The number of ketones is 2. The van der Waals surface area contributed by atoms with Gasteiger partial charge in [-0.15, -0.1) is 0 Å². The Morgan fingerprint density at radius 3 is 2.62 bits per heavy atom. The summed E-state index contributed by atoms with van der Waals surface area (Å²) in [5.74, 6) is 2.79. The summed E-state index contributed by atoms with van der Waals surface area (Å²) in [4.78, 5) is 24.2. The van der Waals surface area contributed by atoms with Crippen molar-refractivity contribution < 1.29 is 9.59 Å². The minimum absolute atomic E-state index is 0.00747. The lowest BCUT2D eigenvalue weighted by atomic mass is 9.46. The van der Waals surface area contributed by atoms with Gasteiger partial charge in [0.2, 0.25) is 0 Å². The highest BCUT2D eigenvalue weighted by molar-refractivity contribution is 5.92. The zero-order valence-corrected chi connectivity index (χ0v) is 15.3. The van der Waals surface area contributed by atoms with Crippen molar-refractivity contribution in [1.82, 2.24) is 0 Å². The minimum Gasteiger partial charge on any atom is -0.326 e. The number of fused-ring (bicyclic) bond motifs is 5. The van der Waals surface area contributed by atoms with Crippen molar-refractivity contribution >= 4 is 11.6 Å². The maximum absolute atomic E-state index is 12.2. The van der Waals surface area contributed by atoms with Crippen molar-refractivity contribution in [2.24, 2.45) is 40.2 Å². The molecule has 0 amide bonds. The van der Waals surface area contributed by atoms with Gasteiger partial charge in [0.1, 0.15) is 5.78 Å². The molecule has 7 atom stereocenters. The van der Waals surface area contributed by atoms with Crippen LogP contribution in [0.5, 0.6) is 0 Å². The summed E-state index contributed by atoms with van der Waals surface area (Å²) in [5.41, 5.74) is 8.05. The molecule has 132 valence electrons. The summed E-state index contributed by atoms with van der Waals surface area (Å²) in [7, 11) is 0. The summed E-state index contributed by atoms with van der Waals surface area (Å²) in [6, 6.07) is -0.0350. The van der Waals surface area contributed by atoms with Gasteiger partial charge < -0.3 is 5.73 Å². The predicted molar refractivity (Wildman–Crippen MR) is 94.2 cm³/mol. The molecule has 4 rings (SSSR count). The fraction of sp³-hybridized carbons (Fsp3) is 0.810. The lowest BCUT2D eigenvalue weighted by Crippen LogP contribution is -2.57. The van der Waals surface area contributed by atoms with Crippen molar-refractivity contribution in [3.05, 3.63) is 11.6 Å². The van der Waals surface area contributed by atoms with Gasteiger partial charge in [0.15, 0.2) is 5.78 Å². The van der Waals surface area contributed by atoms with Crippen LogP contribution in [0.4, 0.5) is 0 Å². The van der Waals surface area contributed by atoms with Gasteiger partial charge in [-0.2, -0.15) is 0 Å². The third kappa shape index (κ3) is 2.00. The molecule has 0 heterocycles. The molecule has 0 aromatic heterocycles. The molecule has 0 aromatic rings. The van der Waals surface area contributed by atoms with Gasteiger partial charge in [0, 0.05) is 23.8 Å². The molecular weight excluding hydrogens is 298 g/mol. The maximum Gasteiger partial charge on any atom is 0.157 e. The third-order valence-corrected chi connectivity index (χ3v) is 8.66. The van der Waals surface area contributed by atoms with Gasteiger partial charge in [-0.05, 0) is 74.7 Å². The molecule has 3 fully saturated rings. The highest BCUT2D eigenvalue weighted by Gasteiger charge is 2.60. The number of hydrogen-bond donors (Lipinski definition) is 1. The number of Topliss-reactive ketones (excluding diaryl/α,β-unsaturated/α-hetero) is 1. The number of hydrogen-bond acceptors (Lipinski definition) is 3. The van der Waals surface area contributed by atoms with Gasteiger partial charge in [0.05, 0.1) is 0 Å². The molecule has 0 aromatic carbocycles. The normalized spacial score (nSPS) is 50.6. The van der Waals surface area contributed by atoms with Crippen LogP contribution in [0, 0.1) is 34.5 Å². The van der Waals surface area contributed by atoms with Crippen LogP contribution >= 0.6 is 0 Å². The second-order valence-electron chi connectivity index (χ2n) is 9.43. The molecule has 0 spiro atoms. The van der Waals surface area contributed by atoms with E-state index in [9.17, 15) is 9.59 Å². The molecule has 0 radical (unpaired) electrons. The Morgan fingerprint density at radius 1 is 1.17 bits per heavy atom. The molecule has 4 aliphatic rings. The average Bonchev–Trinajstić information content (AvgIpc) is 2.86. The van der Waals surface area contributed by atoms with Crippen LogP contribution < -0.4 is 5.73 Å². The molecule has 3 saturated carbocycles. The van der Waals surface area contributed by atoms with Crippen molar-refractivity contribution in [3.63, 3.8) is 0 Å². The quantitative estimate of drug-likeness (QED) is 0.798. The summed E-state index contributed by atoms with van der Waals surface area (Å²) in [5, 5.41) is 0.